The number of rotatable bonds is 7. The highest BCUT2D eigenvalue weighted by atomic mass is 16.5. The summed E-state index contributed by atoms with van der Waals surface area (Å²) < 4.78 is 5.77. The number of morpholine rings is 1. The molecule has 3 N–H and O–H groups in total. The number of amides is 1. The van der Waals surface area contributed by atoms with Gasteiger partial charge in [-0.15, -0.1) is 0 Å². The number of hydrogen-bond acceptors (Lipinski definition) is 5. The molecule has 2 rings (SSSR count). The molecule has 0 aromatic carbocycles. The first-order valence-electron chi connectivity index (χ1n) is 8.93. The second-order valence-corrected chi connectivity index (χ2v) is 7.93. The smallest absolute Gasteiger partial charge is 0.234 e. The summed E-state index contributed by atoms with van der Waals surface area (Å²) in [6.45, 7) is 14.1. The molecule has 0 radical (unpaired) electrons. The number of nitrogens with two attached hydrogens (primary N) is 1. The van der Waals surface area contributed by atoms with Crippen LogP contribution in [0.1, 0.15) is 27.2 Å². The van der Waals surface area contributed by atoms with Gasteiger partial charge in [0.25, 0.3) is 0 Å². The minimum atomic E-state index is 0.0934. The SMILES string of the molecule is CC(C)CN1CCOC(CNC(=O)CN2CCC(C)(CN)C2)C1. The topological polar surface area (TPSA) is 70.8 Å². The van der Waals surface area contributed by atoms with Crippen LogP contribution < -0.4 is 11.1 Å². The van der Waals surface area contributed by atoms with E-state index in [-0.39, 0.29) is 17.4 Å². The number of nitrogens with zero attached hydrogens (tertiary/aromatic N) is 2. The highest BCUT2D eigenvalue weighted by molar-refractivity contribution is 5.78. The summed E-state index contributed by atoms with van der Waals surface area (Å²) in [5.74, 6) is 0.756. The van der Waals surface area contributed by atoms with E-state index in [1.54, 1.807) is 0 Å². The van der Waals surface area contributed by atoms with Crippen LogP contribution in [0.25, 0.3) is 0 Å². The Labute approximate surface area is 140 Å². The summed E-state index contributed by atoms with van der Waals surface area (Å²) in [4.78, 5) is 16.8. The maximum atomic E-state index is 12.1. The van der Waals surface area contributed by atoms with Crippen LogP contribution in [0.5, 0.6) is 0 Å². The van der Waals surface area contributed by atoms with Crippen molar-refractivity contribution in [1.29, 1.82) is 0 Å². The van der Waals surface area contributed by atoms with E-state index < -0.39 is 0 Å². The number of hydrogen-bond donors (Lipinski definition) is 2. The van der Waals surface area contributed by atoms with E-state index in [2.05, 4.69) is 35.9 Å². The Morgan fingerprint density at radius 1 is 1.39 bits per heavy atom. The summed E-state index contributed by atoms with van der Waals surface area (Å²) in [5, 5.41) is 3.03. The van der Waals surface area contributed by atoms with Crippen LogP contribution in [-0.4, -0.2) is 80.8 Å². The first-order chi connectivity index (χ1) is 10.9. The van der Waals surface area contributed by atoms with Crippen molar-refractivity contribution >= 4 is 5.91 Å². The molecule has 0 aliphatic carbocycles. The molecule has 0 bridgehead atoms. The van der Waals surface area contributed by atoms with Gasteiger partial charge in [0.05, 0.1) is 19.3 Å². The number of likely N-dealkylation sites (tertiary alicyclic amines) is 1. The molecule has 6 nitrogen and oxygen atoms in total. The number of ether oxygens (including phenoxy) is 1. The van der Waals surface area contributed by atoms with Gasteiger partial charge in [0, 0.05) is 32.7 Å². The van der Waals surface area contributed by atoms with Crippen LogP contribution in [0.4, 0.5) is 0 Å². The third-order valence-corrected chi connectivity index (χ3v) is 4.87. The normalized spacial score (nSPS) is 30.0. The second kappa shape index (κ2) is 8.42. The van der Waals surface area contributed by atoms with Crippen molar-refractivity contribution in [2.45, 2.75) is 33.3 Å². The Morgan fingerprint density at radius 3 is 2.83 bits per heavy atom. The highest BCUT2D eigenvalue weighted by Crippen LogP contribution is 2.27. The van der Waals surface area contributed by atoms with E-state index in [4.69, 9.17) is 10.5 Å². The van der Waals surface area contributed by atoms with Gasteiger partial charge >= 0.3 is 0 Å². The summed E-state index contributed by atoms with van der Waals surface area (Å²) in [5.41, 5.74) is 5.99. The second-order valence-electron chi connectivity index (χ2n) is 7.93. The van der Waals surface area contributed by atoms with Crippen molar-refractivity contribution in [2.75, 3.05) is 59.0 Å². The monoisotopic (exact) mass is 326 g/mol. The predicted molar refractivity (Wildman–Crippen MR) is 92.2 cm³/mol. The Morgan fingerprint density at radius 2 is 2.17 bits per heavy atom. The fourth-order valence-corrected chi connectivity index (χ4v) is 3.50. The standard InChI is InChI=1S/C17H34N4O2/c1-14(2)9-20-6-7-23-15(10-20)8-19-16(22)11-21-5-4-17(3,12-18)13-21/h14-15H,4-13,18H2,1-3H3,(H,19,22). The number of carbonyl (C=O) groups is 1. The summed E-state index contributed by atoms with van der Waals surface area (Å²) in [6, 6.07) is 0. The lowest BCUT2D eigenvalue weighted by Gasteiger charge is -2.34. The average Bonchev–Trinajstić information content (AvgIpc) is 2.87. The molecule has 6 heteroatoms. The molecule has 2 aliphatic heterocycles. The van der Waals surface area contributed by atoms with Crippen molar-refractivity contribution in [1.82, 2.24) is 15.1 Å². The first kappa shape index (κ1) is 18.6. The van der Waals surface area contributed by atoms with Gasteiger partial charge in [0.2, 0.25) is 5.91 Å². The van der Waals surface area contributed by atoms with Gasteiger partial charge in [-0.05, 0) is 30.8 Å². The molecule has 0 spiro atoms. The molecule has 1 amide bonds. The van der Waals surface area contributed by atoms with Crippen LogP contribution in [-0.2, 0) is 9.53 Å². The minimum Gasteiger partial charge on any atom is -0.374 e. The lowest BCUT2D eigenvalue weighted by molar-refractivity contribution is -0.123. The van der Waals surface area contributed by atoms with Crippen molar-refractivity contribution in [3.8, 4) is 0 Å². The van der Waals surface area contributed by atoms with Gasteiger partial charge < -0.3 is 15.8 Å². The Bertz CT molecular complexity index is 391. The van der Waals surface area contributed by atoms with Gasteiger partial charge in [0.1, 0.15) is 0 Å². The Balaban J connectivity index is 1.66. The van der Waals surface area contributed by atoms with E-state index in [0.717, 1.165) is 45.8 Å². The van der Waals surface area contributed by atoms with Crippen molar-refractivity contribution in [3.05, 3.63) is 0 Å². The average molecular weight is 326 g/mol. The number of carbonyl (C=O) groups excluding carboxylic acids is 1. The fraction of sp³-hybridized carbons (Fsp3) is 0.941. The molecule has 134 valence electrons. The van der Waals surface area contributed by atoms with Gasteiger partial charge in [0.15, 0.2) is 0 Å². The molecular weight excluding hydrogens is 292 g/mol. The number of nitrogens with one attached hydrogen (secondary N) is 1. The largest absolute Gasteiger partial charge is 0.374 e. The van der Waals surface area contributed by atoms with E-state index in [1.807, 2.05) is 0 Å². The third-order valence-electron chi connectivity index (χ3n) is 4.87. The van der Waals surface area contributed by atoms with Crippen LogP contribution >= 0.6 is 0 Å². The quantitative estimate of drug-likeness (QED) is 0.696. The maximum Gasteiger partial charge on any atom is 0.234 e. The zero-order valence-corrected chi connectivity index (χ0v) is 15.0. The van der Waals surface area contributed by atoms with E-state index in [0.29, 0.717) is 25.6 Å². The zero-order chi connectivity index (χ0) is 16.9. The molecule has 2 aliphatic rings. The third kappa shape index (κ3) is 6.03. The summed E-state index contributed by atoms with van der Waals surface area (Å²) >= 11 is 0. The van der Waals surface area contributed by atoms with E-state index in [1.165, 1.54) is 0 Å². The minimum absolute atomic E-state index is 0.0934. The molecule has 2 heterocycles. The molecule has 0 aromatic rings. The maximum absolute atomic E-state index is 12.1. The lowest BCUT2D eigenvalue weighted by atomic mass is 9.90. The predicted octanol–water partition coefficient (Wildman–Crippen LogP) is 0.130. The van der Waals surface area contributed by atoms with Crippen LogP contribution in [0.3, 0.4) is 0 Å². The van der Waals surface area contributed by atoms with Crippen molar-refractivity contribution in [3.63, 3.8) is 0 Å². The lowest BCUT2D eigenvalue weighted by Crippen LogP contribution is -2.49. The van der Waals surface area contributed by atoms with Gasteiger partial charge in [-0.3, -0.25) is 14.6 Å². The van der Waals surface area contributed by atoms with E-state index in [9.17, 15) is 4.79 Å². The zero-order valence-electron chi connectivity index (χ0n) is 15.0. The Kier molecular flexibility index (Phi) is 6.83. The molecule has 2 unspecified atom stereocenters. The van der Waals surface area contributed by atoms with Crippen molar-refractivity contribution in [2.24, 2.45) is 17.1 Å². The van der Waals surface area contributed by atoms with Gasteiger partial charge in [-0.25, -0.2) is 0 Å². The van der Waals surface area contributed by atoms with Crippen molar-refractivity contribution < 1.29 is 9.53 Å². The fourth-order valence-electron chi connectivity index (χ4n) is 3.50. The van der Waals surface area contributed by atoms with Crippen LogP contribution in [0, 0.1) is 11.3 Å². The van der Waals surface area contributed by atoms with E-state index >= 15 is 0 Å². The molecule has 23 heavy (non-hydrogen) atoms. The first-order valence-corrected chi connectivity index (χ1v) is 8.93. The van der Waals surface area contributed by atoms with Crippen LogP contribution in [0.2, 0.25) is 0 Å². The molecule has 2 atom stereocenters. The summed E-state index contributed by atoms with van der Waals surface area (Å²) in [7, 11) is 0. The summed E-state index contributed by atoms with van der Waals surface area (Å²) in [6.07, 6.45) is 1.19. The molecule has 2 fully saturated rings. The van der Waals surface area contributed by atoms with Gasteiger partial charge in [-0.2, -0.15) is 0 Å². The molecule has 0 aromatic heterocycles. The van der Waals surface area contributed by atoms with Crippen LogP contribution in [0.15, 0.2) is 0 Å². The molecule has 0 saturated carbocycles. The Hall–Kier alpha value is -0.690. The highest BCUT2D eigenvalue weighted by Gasteiger charge is 2.33. The van der Waals surface area contributed by atoms with Gasteiger partial charge in [-0.1, -0.05) is 20.8 Å². The molecule has 2 saturated heterocycles. The molecular formula is C17H34N4O2.